The molecule has 0 atom stereocenters. The highest BCUT2D eigenvalue weighted by atomic mass is 79.9. The first kappa shape index (κ1) is 12.6. The lowest BCUT2D eigenvalue weighted by Crippen LogP contribution is -2.11. The van der Waals surface area contributed by atoms with Gasteiger partial charge in [-0.15, -0.1) is 0 Å². The number of rotatable bonds is 3. The maximum atomic E-state index is 11.9. The van der Waals surface area contributed by atoms with Crippen LogP contribution in [-0.4, -0.2) is 18.2 Å². The smallest absolute Gasteiger partial charge is 0.294 e. The van der Waals surface area contributed by atoms with Gasteiger partial charge in [-0.05, 0) is 35.8 Å². The molecule has 0 bridgehead atoms. The van der Waals surface area contributed by atoms with Crippen LogP contribution in [0.1, 0.15) is 16.1 Å². The summed E-state index contributed by atoms with van der Waals surface area (Å²) in [6.07, 6.45) is 0. The van der Waals surface area contributed by atoms with Crippen molar-refractivity contribution < 1.29 is 14.1 Å². The third-order valence-electron chi connectivity index (χ3n) is 2.36. The maximum Gasteiger partial charge on any atom is 0.294 e. The summed E-state index contributed by atoms with van der Waals surface area (Å²) in [4.78, 5) is 11.9. The number of nitrogens with zero attached hydrogens (tertiary/aromatic N) is 1. The standard InChI is InChI=1S/C12H11BrN2O3/c1-7-5-8(13)3-4-9(7)14-12(16)10-6-11(17-2)15-18-10/h3-6H,1-2H3,(H,14,16). The minimum Gasteiger partial charge on any atom is -0.479 e. The summed E-state index contributed by atoms with van der Waals surface area (Å²) in [5, 5.41) is 6.31. The number of anilines is 1. The lowest BCUT2D eigenvalue weighted by atomic mass is 10.2. The summed E-state index contributed by atoms with van der Waals surface area (Å²) < 4.78 is 10.7. The summed E-state index contributed by atoms with van der Waals surface area (Å²) in [6, 6.07) is 7.01. The predicted octanol–water partition coefficient (Wildman–Crippen LogP) is 3.01. The molecular formula is C12H11BrN2O3. The van der Waals surface area contributed by atoms with E-state index in [-0.39, 0.29) is 17.5 Å². The van der Waals surface area contributed by atoms with Crippen molar-refractivity contribution in [1.29, 1.82) is 0 Å². The van der Waals surface area contributed by atoms with Crippen LogP contribution in [0.2, 0.25) is 0 Å². The van der Waals surface area contributed by atoms with E-state index in [9.17, 15) is 4.79 Å². The molecule has 0 aliphatic rings. The van der Waals surface area contributed by atoms with Gasteiger partial charge in [0.25, 0.3) is 11.8 Å². The molecule has 0 radical (unpaired) electrons. The Labute approximate surface area is 112 Å². The van der Waals surface area contributed by atoms with Crippen molar-refractivity contribution in [2.75, 3.05) is 12.4 Å². The number of nitrogens with one attached hydrogen (secondary N) is 1. The highest BCUT2D eigenvalue weighted by Crippen LogP contribution is 2.21. The van der Waals surface area contributed by atoms with Crippen molar-refractivity contribution in [2.24, 2.45) is 0 Å². The van der Waals surface area contributed by atoms with Crippen LogP contribution in [-0.2, 0) is 0 Å². The van der Waals surface area contributed by atoms with Gasteiger partial charge in [0.05, 0.1) is 13.2 Å². The van der Waals surface area contributed by atoms with Gasteiger partial charge < -0.3 is 14.6 Å². The molecule has 1 amide bonds. The van der Waals surface area contributed by atoms with Crippen molar-refractivity contribution in [3.8, 4) is 5.88 Å². The number of amides is 1. The van der Waals surface area contributed by atoms with E-state index in [1.165, 1.54) is 13.2 Å². The van der Waals surface area contributed by atoms with Crippen LogP contribution in [0.5, 0.6) is 5.88 Å². The fourth-order valence-electron chi connectivity index (χ4n) is 1.41. The van der Waals surface area contributed by atoms with Gasteiger partial charge in [0.15, 0.2) is 0 Å². The molecule has 0 aliphatic heterocycles. The van der Waals surface area contributed by atoms with Crippen LogP contribution in [0.15, 0.2) is 33.3 Å². The van der Waals surface area contributed by atoms with Crippen LogP contribution >= 0.6 is 15.9 Å². The number of hydrogen-bond donors (Lipinski definition) is 1. The molecule has 94 valence electrons. The zero-order valence-corrected chi connectivity index (χ0v) is 11.4. The average molecular weight is 311 g/mol. The Morgan fingerprint density at radius 3 is 2.83 bits per heavy atom. The van der Waals surface area contributed by atoms with Crippen LogP contribution in [0.25, 0.3) is 0 Å². The Bertz CT molecular complexity index is 580. The molecule has 0 aliphatic carbocycles. The Kier molecular flexibility index (Phi) is 3.66. The highest BCUT2D eigenvalue weighted by molar-refractivity contribution is 9.10. The van der Waals surface area contributed by atoms with E-state index in [0.29, 0.717) is 0 Å². The summed E-state index contributed by atoms with van der Waals surface area (Å²) in [5.41, 5.74) is 1.67. The molecule has 0 saturated carbocycles. The maximum absolute atomic E-state index is 11.9. The Balaban J connectivity index is 2.16. The second kappa shape index (κ2) is 5.22. The van der Waals surface area contributed by atoms with E-state index in [2.05, 4.69) is 26.4 Å². The molecule has 0 spiro atoms. The van der Waals surface area contributed by atoms with Gasteiger partial charge in [-0.3, -0.25) is 4.79 Å². The van der Waals surface area contributed by atoms with Crippen molar-refractivity contribution in [3.63, 3.8) is 0 Å². The zero-order valence-electron chi connectivity index (χ0n) is 9.86. The normalized spacial score (nSPS) is 10.2. The first-order valence-electron chi connectivity index (χ1n) is 5.18. The quantitative estimate of drug-likeness (QED) is 0.946. The van der Waals surface area contributed by atoms with Gasteiger partial charge in [-0.2, -0.15) is 0 Å². The van der Waals surface area contributed by atoms with E-state index in [4.69, 9.17) is 9.26 Å². The molecular weight excluding hydrogens is 300 g/mol. The van der Waals surface area contributed by atoms with E-state index in [1.807, 2.05) is 25.1 Å². The topological polar surface area (TPSA) is 64.4 Å². The van der Waals surface area contributed by atoms with E-state index in [0.717, 1.165) is 15.7 Å². The third kappa shape index (κ3) is 2.70. The molecule has 2 rings (SSSR count). The summed E-state index contributed by atoms with van der Waals surface area (Å²) in [5.74, 6) is 0.0121. The van der Waals surface area contributed by atoms with Crippen molar-refractivity contribution in [1.82, 2.24) is 5.16 Å². The average Bonchev–Trinajstić information content (AvgIpc) is 2.81. The minimum absolute atomic E-state index is 0.106. The number of halogens is 1. The van der Waals surface area contributed by atoms with E-state index < -0.39 is 0 Å². The fraction of sp³-hybridized carbons (Fsp3) is 0.167. The van der Waals surface area contributed by atoms with Gasteiger partial charge >= 0.3 is 0 Å². The number of methoxy groups -OCH3 is 1. The number of aromatic nitrogens is 1. The van der Waals surface area contributed by atoms with E-state index >= 15 is 0 Å². The zero-order chi connectivity index (χ0) is 13.1. The first-order valence-corrected chi connectivity index (χ1v) is 5.97. The summed E-state index contributed by atoms with van der Waals surface area (Å²) in [7, 11) is 1.46. The lowest BCUT2D eigenvalue weighted by Gasteiger charge is -2.06. The molecule has 1 N–H and O–H groups in total. The van der Waals surface area contributed by atoms with Gasteiger partial charge in [0, 0.05) is 10.2 Å². The molecule has 1 heterocycles. The summed E-state index contributed by atoms with van der Waals surface area (Å²) in [6.45, 7) is 1.90. The second-order valence-electron chi connectivity index (χ2n) is 3.65. The predicted molar refractivity (Wildman–Crippen MR) is 69.9 cm³/mol. The lowest BCUT2D eigenvalue weighted by molar-refractivity contribution is 0.0987. The molecule has 2 aromatic rings. The Morgan fingerprint density at radius 2 is 2.22 bits per heavy atom. The van der Waals surface area contributed by atoms with Gasteiger partial charge in [-0.25, -0.2) is 0 Å². The highest BCUT2D eigenvalue weighted by Gasteiger charge is 2.14. The van der Waals surface area contributed by atoms with Crippen LogP contribution < -0.4 is 10.1 Å². The number of carbonyl (C=O) groups is 1. The van der Waals surface area contributed by atoms with Gasteiger partial charge in [0.1, 0.15) is 0 Å². The second-order valence-corrected chi connectivity index (χ2v) is 4.56. The number of benzene rings is 1. The molecule has 6 heteroatoms. The first-order chi connectivity index (χ1) is 8.60. The molecule has 0 unspecified atom stereocenters. The Hall–Kier alpha value is -1.82. The number of ether oxygens (including phenoxy) is 1. The molecule has 1 aromatic heterocycles. The fourth-order valence-corrected chi connectivity index (χ4v) is 1.89. The van der Waals surface area contributed by atoms with Crippen molar-refractivity contribution in [3.05, 3.63) is 40.1 Å². The molecule has 18 heavy (non-hydrogen) atoms. The number of hydrogen-bond acceptors (Lipinski definition) is 4. The van der Waals surface area contributed by atoms with Crippen LogP contribution in [0.4, 0.5) is 5.69 Å². The van der Waals surface area contributed by atoms with Crippen LogP contribution in [0.3, 0.4) is 0 Å². The van der Waals surface area contributed by atoms with E-state index in [1.54, 1.807) is 0 Å². The number of carbonyl (C=O) groups excluding carboxylic acids is 1. The van der Waals surface area contributed by atoms with Gasteiger partial charge in [0.2, 0.25) is 5.76 Å². The minimum atomic E-state index is -0.365. The molecule has 1 aromatic carbocycles. The van der Waals surface area contributed by atoms with Crippen LogP contribution in [0, 0.1) is 6.92 Å². The van der Waals surface area contributed by atoms with Gasteiger partial charge in [-0.1, -0.05) is 15.9 Å². The SMILES string of the molecule is COc1cc(C(=O)Nc2ccc(Br)cc2C)on1. The third-order valence-corrected chi connectivity index (χ3v) is 2.85. The Morgan fingerprint density at radius 1 is 1.44 bits per heavy atom. The molecule has 0 saturated heterocycles. The van der Waals surface area contributed by atoms with Crippen molar-refractivity contribution >= 4 is 27.5 Å². The molecule has 5 nitrogen and oxygen atoms in total. The van der Waals surface area contributed by atoms with Crippen molar-refractivity contribution in [2.45, 2.75) is 6.92 Å². The monoisotopic (exact) mass is 310 g/mol. The molecule has 0 fully saturated rings. The largest absolute Gasteiger partial charge is 0.479 e. The number of aryl methyl sites for hydroxylation is 1. The summed E-state index contributed by atoms with van der Waals surface area (Å²) >= 11 is 3.36.